The van der Waals surface area contributed by atoms with Crippen LogP contribution in [0.15, 0.2) is 18.5 Å². The lowest BCUT2D eigenvalue weighted by molar-refractivity contribution is 0.126. The minimum atomic E-state index is 0.596. The first-order chi connectivity index (χ1) is 7.79. The van der Waals surface area contributed by atoms with Crippen LogP contribution in [-0.2, 0) is 0 Å². The van der Waals surface area contributed by atoms with Gasteiger partial charge in [0.2, 0.25) is 0 Å². The lowest BCUT2D eigenvalue weighted by Crippen LogP contribution is -2.58. The minimum absolute atomic E-state index is 0.596. The van der Waals surface area contributed by atoms with Crippen molar-refractivity contribution in [2.75, 3.05) is 36.8 Å². The van der Waals surface area contributed by atoms with Crippen molar-refractivity contribution in [1.29, 1.82) is 0 Å². The molecular weight excluding hydrogens is 200 g/mol. The van der Waals surface area contributed by atoms with Gasteiger partial charge in [0.25, 0.3) is 0 Å². The first kappa shape index (κ1) is 9.90. The summed E-state index contributed by atoms with van der Waals surface area (Å²) in [5.41, 5.74) is 8.49. The van der Waals surface area contributed by atoms with Crippen LogP contribution in [0.5, 0.6) is 0 Å². The van der Waals surface area contributed by atoms with Gasteiger partial charge in [0.1, 0.15) is 0 Å². The zero-order chi connectivity index (χ0) is 11.0. The molecule has 2 aliphatic heterocycles. The molecule has 2 saturated heterocycles. The van der Waals surface area contributed by atoms with E-state index in [1.54, 1.807) is 6.20 Å². The number of hydrogen-bond acceptors (Lipinski definition) is 4. The van der Waals surface area contributed by atoms with Crippen LogP contribution in [-0.4, -0.2) is 31.2 Å². The van der Waals surface area contributed by atoms with Gasteiger partial charge in [0, 0.05) is 32.4 Å². The lowest BCUT2D eigenvalue weighted by Gasteiger charge is -2.49. The topological polar surface area (TPSA) is 54.2 Å². The van der Waals surface area contributed by atoms with E-state index in [-0.39, 0.29) is 0 Å². The number of nitrogens with zero attached hydrogens (tertiary/aromatic N) is 2. The van der Waals surface area contributed by atoms with E-state index in [9.17, 15) is 0 Å². The van der Waals surface area contributed by atoms with Crippen molar-refractivity contribution >= 4 is 11.4 Å². The van der Waals surface area contributed by atoms with Crippen LogP contribution >= 0.6 is 0 Å². The molecule has 1 aromatic heterocycles. The SMILES string of the molecule is Nc1cnccc1N1CCC2(CC1)CNC2. The number of nitrogens with two attached hydrogens (primary N) is 1. The molecule has 3 N–H and O–H groups in total. The van der Waals surface area contributed by atoms with Crippen molar-refractivity contribution in [2.24, 2.45) is 5.41 Å². The molecule has 4 heteroatoms. The summed E-state index contributed by atoms with van der Waals surface area (Å²) in [5.74, 6) is 0. The molecule has 4 nitrogen and oxygen atoms in total. The maximum absolute atomic E-state index is 5.95. The standard InChI is InChI=1S/C12H18N4/c13-10-7-14-4-1-11(10)16-5-2-12(3-6-16)8-15-9-12/h1,4,7,15H,2-3,5-6,8-9,13H2. The summed E-state index contributed by atoms with van der Waals surface area (Å²) in [6.45, 7) is 4.64. The van der Waals surface area contributed by atoms with Gasteiger partial charge in [-0.25, -0.2) is 0 Å². The van der Waals surface area contributed by atoms with Gasteiger partial charge in [-0.2, -0.15) is 0 Å². The molecule has 0 amide bonds. The van der Waals surface area contributed by atoms with E-state index in [2.05, 4.69) is 15.2 Å². The fraction of sp³-hybridized carbons (Fsp3) is 0.583. The molecule has 2 aliphatic rings. The van der Waals surface area contributed by atoms with Crippen molar-refractivity contribution in [2.45, 2.75) is 12.8 Å². The predicted octanol–water partition coefficient (Wildman–Crippen LogP) is 0.854. The van der Waals surface area contributed by atoms with Crippen LogP contribution in [0.4, 0.5) is 11.4 Å². The van der Waals surface area contributed by atoms with Gasteiger partial charge in [0.05, 0.1) is 17.6 Å². The summed E-state index contributed by atoms with van der Waals surface area (Å²) >= 11 is 0. The second-order valence-electron chi connectivity index (χ2n) is 5.03. The highest BCUT2D eigenvalue weighted by atomic mass is 15.2. The third kappa shape index (κ3) is 1.53. The van der Waals surface area contributed by atoms with E-state index in [1.165, 1.54) is 25.9 Å². The number of aromatic nitrogens is 1. The third-order valence-electron chi connectivity index (χ3n) is 3.99. The molecule has 1 spiro atoms. The molecule has 0 saturated carbocycles. The predicted molar refractivity (Wildman–Crippen MR) is 65.4 cm³/mol. The Balaban J connectivity index is 1.72. The fourth-order valence-corrected chi connectivity index (χ4v) is 2.74. The summed E-state index contributed by atoms with van der Waals surface area (Å²) in [5, 5.41) is 3.38. The molecule has 0 radical (unpaired) electrons. The number of pyridine rings is 1. The van der Waals surface area contributed by atoms with E-state index in [0.29, 0.717) is 5.41 Å². The number of anilines is 2. The van der Waals surface area contributed by atoms with E-state index in [1.807, 2.05) is 12.3 Å². The van der Waals surface area contributed by atoms with Crippen LogP contribution in [0.1, 0.15) is 12.8 Å². The third-order valence-corrected chi connectivity index (χ3v) is 3.99. The molecule has 0 aliphatic carbocycles. The molecule has 0 bridgehead atoms. The molecule has 3 heterocycles. The first-order valence-corrected chi connectivity index (χ1v) is 5.94. The Kier molecular flexibility index (Phi) is 2.24. The van der Waals surface area contributed by atoms with E-state index < -0.39 is 0 Å². The maximum atomic E-state index is 5.95. The smallest absolute Gasteiger partial charge is 0.0738 e. The molecule has 16 heavy (non-hydrogen) atoms. The van der Waals surface area contributed by atoms with Crippen molar-refractivity contribution in [1.82, 2.24) is 10.3 Å². The Morgan fingerprint density at radius 3 is 2.62 bits per heavy atom. The van der Waals surface area contributed by atoms with Crippen LogP contribution < -0.4 is 16.0 Å². The summed E-state index contributed by atoms with van der Waals surface area (Å²) < 4.78 is 0. The Morgan fingerprint density at radius 1 is 1.31 bits per heavy atom. The Morgan fingerprint density at radius 2 is 2.06 bits per heavy atom. The number of nitrogens with one attached hydrogen (secondary N) is 1. The zero-order valence-corrected chi connectivity index (χ0v) is 9.45. The molecular formula is C12H18N4. The van der Waals surface area contributed by atoms with Gasteiger partial charge in [-0.05, 0) is 24.3 Å². The van der Waals surface area contributed by atoms with Crippen molar-refractivity contribution in [3.8, 4) is 0 Å². The zero-order valence-electron chi connectivity index (χ0n) is 9.45. The van der Waals surface area contributed by atoms with Gasteiger partial charge in [-0.15, -0.1) is 0 Å². The molecule has 86 valence electrons. The number of hydrogen-bond donors (Lipinski definition) is 2. The average molecular weight is 218 g/mol. The van der Waals surface area contributed by atoms with Crippen LogP contribution in [0.2, 0.25) is 0 Å². The van der Waals surface area contributed by atoms with Gasteiger partial charge in [0.15, 0.2) is 0 Å². The highest BCUT2D eigenvalue weighted by Gasteiger charge is 2.39. The van der Waals surface area contributed by atoms with E-state index in [4.69, 9.17) is 5.73 Å². The highest BCUT2D eigenvalue weighted by Crippen LogP contribution is 2.37. The summed E-state index contributed by atoms with van der Waals surface area (Å²) in [6, 6.07) is 2.02. The fourth-order valence-electron chi connectivity index (χ4n) is 2.74. The normalized spacial score (nSPS) is 23.1. The average Bonchev–Trinajstić information content (AvgIpc) is 2.28. The van der Waals surface area contributed by atoms with Crippen LogP contribution in [0, 0.1) is 5.41 Å². The summed E-state index contributed by atoms with van der Waals surface area (Å²) in [4.78, 5) is 6.42. The minimum Gasteiger partial charge on any atom is -0.396 e. The Hall–Kier alpha value is -1.29. The van der Waals surface area contributed by atoms with Crippen molar-refractivity contribution in [3.63, 3.8) is 0 Å². The van der Waals surface area contributed by atoms with Crippen LogP contribution in [0.3, 0.4) is 0 Å². The molecule has 1 aromatic rings. The number of rotatable bonds is 1. The second-order valence-corrected chi connectivity index (χ2v) is 5.03. The monoisotopic (exact) mass is 218 g/mol. The van der Waals surface area contributed by atoms with Crippen molar-refractivity contribution < 1.29 is 0 Å². The highest BCUT2D eigenvalue weighted by molar-refractivity contribution is 5.66. The van der Waals surface area contributed by atoms with E-state index >= 15 is 0 Å². The first-order valence-electron chi connectivity index (χ1n) is 5.94. The van der Waals surface area contributed by atoms with Gasteiger partial charge >= 0.3 is 0 Å². The second kappa shape index (κ2) is 3.63. The molecule has 2 fully saturated rings. The number of nitrogen functional groups attached to an aromatic ring is 1. The molecule has 0 aromatic carbocycles. The van der Waals surface area contributed by atoms with Gasteiger partial charge < -0.3 is 16.0 Å². The molecule has 0 atom stereocenters. The summed E-state index contributed by atoms with van der Waals surface area (Å²) in [7, 11) is 0. The summed E-state index contributed by atoms with van der Waals surface area (Å²) in [6.07, 6.45) is 6.12. The quantitative estimate of drug-likeness (QED) is 0.734. The number of piperidine rings is 1. The van der Waals surface area contributed by atoms with Gasteiger partial charge in [-0.3, -0.25) is 4.98 Å². The largest absolute Gasteiger partial charge is 0.396 e. The van der Waals surface area contributed by atoms with Crippen molar-refractivity contribution in [3.05, 3.63) is 18.5 Å². The molecule has 3 rings (SSSR count). The Labute approximate surface area is 95.8 Å². The van der Waals surface area contributed by atoms with Gasteiger partial charge in [-0.1, -0.05) is 0 Å². The Bertz CT molecular complexity index is 376. The molecule has 0 unspecified atom stereocenters. The maximum Gasteiger partial charge on any atom is 0.0738 e. The van der Waals surface area contributed by atoms with E-state index in [0.717, 1.165) is 24.5 Å². The lowest BCUT2D eigenvalue weighted by atomic mass is 9.73. The van der Waals surface area contributed by atoms with Crippen LogP contribution in [0.25, 0.3) is 0 Å².